The van der Waals surface area contributed by atoms with Gasteiger partial charge in [-0.25, -0.2) is 19.1 Å². The maximum Gasteiger partial charge on any atom is 0.335 e. The van der Waals surface area contributed by atoms with Gasteiger partial charge in [0, 0.05) is 11.6 Å². The van der Waals surface area contributed by atoms with E-state index in [1.54, 1.807) is 55.5 Å². The maximum absolute atomic E-state index is 13.6. The second kappa shape index (κ2) is 11.6. The van der Waals surface area contributed by atoms with Crippen LogP contribution in [0, 0.1) is 5.41 Å². The van der Waals surface area contributed by atoms with Crippen molar-refractivity contribution in [2.45, 2.75) is 52.6 Å². The topological polar surface area (TPSA) is 108 Å². The smallest absolute Gasteiger partial charge is 0.335 e. The molecule has 10 heteroatoms. The zero-order valence-electron chi connectivity index (χ0n) is 21.0. The zero-order chi connectivity index (χ0) is 26.4. The number of hydrogen-bond acceptors (Lipinski definition) is 6. The fraction of sp³-hybridized carbons (Fsp3) is 0.407. The summed E-state index contributed by atoms with van der Waals surface area (Å²) < 4.78 is 13.3. The molecule has 1 fully saturated rings. The lowest BCUT2D eigenvalue weighted by molar-refractivity contribution is -0.150. The molecule has 9 nitrogen and oxygen atoms in total. The predicted molar refractivity (Wildman–Crippen MR) is 140 cm³/mol. The fourth-order valence-corrected chi connectivity index (χ4v) is 4.06. The summed E-state index contributed by atoms with van der Waals surface area (Å²) >= 11 is 6.03. The number of aromatic amines is 1. The first-order chi connectivity index (χ1) is 17.8. The van der Waals surface area contributed by atoms with Crippen LogP contribution in [0.1, 0.15) is 45.1 Å². The van der Waals surface area contributed by atoms with Gasteiger partial charge < -0.3 is 9.47 Å². The zero-order valence-corrected chi connectivity index (χ0v) is 21.8. The number of esters is 1. The van der Waals surface area contributed by atoms with Crippen LogP contribution in [-0.2, 0) is 22.6 Å². The third kappa shape index (κ3) is 6.40. The Bertz CT molecular complexity index is 1420. The Morgan fingerprint density at radius 3 is 2.38 bits per heavy atom. The van der Waals surface area contributed by atoms with E-state index < -0.39 is 16.8 Å². The molecule has 1 aliphatic rings. The molecule has 0 bridgehead atoms. The molecule has 0 unspecified atom stereocenters. The van der Waals surface area contributed by atoms with E-state index in [0.29, 0.717) is 30.2 Å². The van der Waals surface area contributed by atoms with Crippen molar-refractivity contribution in [1.82, 2.24) is 14.1 Å². The molecule has 2 aromatic carbocycles. The van der Waals surface area contributed by atoms with E-state index in [0.717, 1.165) is 28.7 Å². The van der Waals surface area contributed by atoms with Gasteiger partial charge in [-0.2, -0.15) is 0 Å². The number of ether oxygens (including phenoxy) is 2. The molecule has 1 aliphatic carbocycles. The van der Waals surface area contributed by atoms with Crippen LogP contribution in [0.2, 0.25) is 5.02 Å². The van der Waals surface area contributed by atoms with Crippen molar-refractivity contribution < 1.29 is 14.3 Å². The molecule has 37 heavy (non-hydrogen) atoms. The highest BCUT2D eigenvalue weighted by Gasteiger charge is 2.52. The second-order valence-corrected chi connectivity index (χ2v) is 9.58. The van der Waals surface area contributed by atoms with Crippen LogP contribution >= 0.6 is 11.6 Å². The summed E-state index contributed by atoms with van der Waals surface area (Å²) in [5.74, 6) is 0.333. The summed E-state index contributed by atoms with van der Waals surface area (Å²) in [5, 5.41) is 0.573. The highest BCUT2D eigenvalue weighted by Crippen LogP contribution is 2.47. The Morgan fingerprint density at radius 2 is 1.76 bits per heavy atom. The van der Waals surface area contributed by atoms with Crippen LogP contribution in [0.25, 0.3) is 0 Å². The fourth-order valence-electron chi connectivity index (χ4n) is 3.93. The highest BCUT2D eigenvalue weighted by molar-refractivity contribution is 6.30. The van der Waals surface area contributed by atoms with Gasteiger partial charge in [0.1, 0.15) is 5.75 Å². The first-order valence-corrected chi connectivity index (χ1v) is 12.9. The van der Waals surface area contributed by atoms with Gasteiger partial charge in [0.05, 0.1) is 30.9 Å². The first-order valence-electron chi connectivity index (χ1n) is 12.5. The van der Waals surface area contributed by atoms with E-state index in [9.17, 15) is 14.4 Å². The number of benzene rings is 2. The van der Waals surface area contributed by atoms with Gasteiger partial charge in [0.15, 0.2) is 0 Å². The number of H-pyrrole nitrogens is 1. The minimum atomic E-state index is -0.850. The minimum absolute atomic E-state index is 0.0509. The molecule has 0 amide bonds. The molecule has 0 spiro atoms. The van der Waals surface area contributed by atoms with Crippen LogP contribution in [0.15, 0.2) is 63.1 Å². The van der Waals surface area contributed by atoms with Gasteiger partial charge in [-0.15, -0.1) is 0 Å². The van der Waals surface area contributed by atoms with Gasteiger partial charge in [-0.1, -0.05) is 37.1 Å². The summed E-state index contributed by atoms with van der Waals surface area (Å²) in [7, 11) is 0. The largest absolute Gasteiger partial charge is 0.494 e. The Kier molecular flexibility index (Phi) is 8.33. The van der Waals surface area contributed by atoms with Crippen molar-refractivity contribution >= 4 is 23.3 Å². The van der Waals surface area contributed by atoms with Crippen LogP contribution in [0.3, 0.4) is 0 Å². The number of carbonyl (C=O) groups excluding carboxylic acids is 1. The van der Waals surface area contributed by atoms with Gasteiger partial charge >= 0.3 is 17.3 Å². The Morgan fingerprint density at radius 1 is 1.05 bits per heavy atom. The molecule has 196 valence electrons. The van der Waals surface area contributed by atoms with Crippen molar-refractivity contribution in [2.24, 2.45) is 10.4 Å². The average molecular weight is 527 g/mol. The van der Waals surface area contributed by atoms with Crippen molar-refractivity contribution in [1.29, 1.82) is 0 Å². The molecule has 1 heterocycles. The number of nitrogens with zero attached hydrogens (tertiary/aromatic N) is 3. The SMILES string of the molecule is CCCCOc1ccc(/N=c2\[nH]c(=O)n(CC3(C(=O)OCC)CC3)c(=O)n2Cc2ccc(Cl)cc2)cc1. The number of hydrogen-bond donors (Lipinski definition) is 1. The number of carbonyl (C=O) groups is 1. The minimum Gasteiger partial charge on any atom is -0.494 e. The van der Waals surface area contributed by atoms with Crippen molar-refractivity contribution in [2.75, 3.05) is 13.2 Å². The van der Waals surface area contributed by atoms with E-state index in [-0.39, 0.29) is 31.3 Å². The maximum atomic E-state index is 13.6. The number of halogens is 1. The number of unbranched alkanes of at least 4 members (excludes halogenated alkanes) is 1. The van der Waals surface area contributed by atoms with Crippen molar-refractivity contribution in [3.05, 3.63) is 85.7 Å². The number of nitrogens with one attached hydrogen (secondary N) is 1. The summed E-state index contributed by atoms with van der Waals surface area (Å²) in [6.07, 6.45) is 3.13. The van der Waals surface area contributed by atoms with Crippen molar-refractivity contribution in [3.63, 3.8) is 0 Å². The molecular weight excluding hydrogens is 496 g/mol. The third-order valence-electron chi connectivity index (χ3n) is 6.30. The molecular formula is C27H31ClN4O5. The molecule has 0 aliphatic heterocycles. The number of rotatable bonds is 11. The lowest BCUT2D eigenvalue weighted by Crippen LogP contribution is -2.51. The standard InChI is InChI=1S/C27H31ClN4O5/c1-3-5-16-37-22-12-10-21(11-13-22)29-24-30-25(34)32(18-27(14-15-27)23(33)36-4-2)26(35)31(24)17-19-6-8-20(28)9-7-19/h6-13H,3-5,14-18H2,1-2H3,(H,29,30,34). The second-order valence-electron chi connectivity index (χ2n) is 9.14. The molecule has 4 rings (SSSR count). The molecule has 1 aromatic heterocycles. The summed E-state index contributed by atoms with van der Waals surface area (Å²) in [6.45, 7) is 4.80. The highest BCUT2D eigenvalue weighted by atomic mass is 35.5. The van der Waals surface area contributed by atoms with Crippen LogP contribution in [0.5, 0.6) is 5.75 Å². The Balaban J connectivity index is 1.74. The molecule has 0 radical (unpaired) electrons. The third-order valence-corrected chi connectivity index (χ3v) is 6.55. The molecule has 0 saturated heterocycles. The molecule has 1 N–H and O–H groups in total. The van der Waals surface area contributed by atoms with E-state index >= 15 is 0 Å². The van der Waals surface area contributed by atoms with Crippen LogP contribution in [0.4, 0.5) is 5.69 Å². The van der Waals surface area contributed by atoms with E-state index in [1.165, 1.54) is 4.57 Å². The normalized spacial score (nSPS) is 14.4. The summed E-state index contributed by atoms with van der Waals surface area (Å²) in [6, 6.07) is 14.2. The lowest BCUT2D eigenvalue weighted by Gasteiger charge is -2.16. The Labute approximate surface area is 219 Å². The van der Waals surface area contributed by atoms with Gasteiger partial charge in [0.25, 0.3) is 0 Å². The van der Waals surface area contributed by atoms with E-state index in [4.69, 9.17) is 21.1 Å². The molecule has 0 atom stereocenters. The van der Waals surface area contributed by atoms with Crippen LogP contribution < -0.4 is 21.7 Å². The predicted octanol–water partition coefficient (Wildman–Crippen LogP) is 3.79. The quantitative estimate of drug-likeness (QED) is 0.302. The Hall–Kier alpha value is -3.59. The first kappa shape index (κ1) is 26.5. The van der Waals surface area contributed by atoms with Crippen molar-refractivity contribution in [3.8, 4) is 5.75 Å². The average Bonchev–Trinajstić information content (AvgIpc) is 3.68. The molecule has 1 saturated carbocycles. The summed E-state index contributed by atoms with van der Waals surface area (Å²) in [4.78, 5) is 46.4. The monoisotopic (exact) mass is 526 g/mol. The van der Waals surface area contributed by atoms with E-state index in [2.05, 4.69) is 16.9 Å². The van der Waals surface area contributed by atoms with E-state index in [1.807, 2.05) is 0 Å². The summed E-state index contributed by atoms with van der Waals surface area (Å²) in [5.41, 5.74) is -0.601. The van der Waals surface area contributed by atoms with Gasteiger partial charge in [-0.05, 0) is 68.1 Å². The van der Waals surface area contributed by atoms with Crippen LogP contribution in [-0.4, -0.2) is 33.3 Å². The number of aromatic nitrogens is 3. The lowest BCUT2D eigenvalue weighted by atomic mass is 10.1. The molecule has 3 aromatic rings. The van der Waals surface area contributed by atoms with Gasteiger partial charge in [-0.3, -0.25) is 14.3 Å². The van der Waals surface area contributed by atoms with Gasteiger partial charge in [0.2, 0.25) is 5.62 Å².